The average Bonchev–Trinajstić information content (AvgIpc) is 3.11. The van der Waals surface area contributed by atoms with E-state index in [-0.39, 0.29) is 36.6 Å². The molecule has 1 N–H and O–H groups in total. The van der Waals surface area contributed by atoms with Gasteiger partial charge >= 0.3 is 0 Å². The number of carbonyl (C=O) groups excluding carboxylic acids is 2. The van der Waals surface area contributed by atoms with Crippen LogP contribution in [-0.4, -0.2) is 82.1 Å². The minimum absolute atomic E-state index is 0.0263. The van der Waals surface area contributed by atoms with Crippen LogP contribution in [0.3, 0.4) is 0 Å². The first kappa shape index (κ1) is 22.8. The predicted molar refractivity (Wildman–Crippen MR) is 128 cm³/mol. The normalized spacial score (nSPS) is 26.4. The summed E-state index contributed by atoms with van der Waals surface area (Å²) in [5.74, 6) is -1.05. The van der Waals surface area contributed by atoms with Crippen molar-refractivity contribution in [1.82, 2.24) is 19.3 Å². The van der Waals surface area contributed by atoms with E-state index in [2.05, 4.69) is 4.90 Å². The number of carbonyl (C=O) groups is 2. The van der Waals surface area contributed by atoms with Gasteiger partial charge < -0.3 is 24.4 Å². The third kappa shape index (κ3) is 3.56. The molecule has 34 heavy (non-hydrogen) atoms. The van der Waals surface area contributed by atoms with Crippen LogP contribution in [0.4, 0.5) is 0 Å². The van der Waals surface area contributed by atoms with Gasteiger partial charge in [0, 0.05) is 62.9 Å². The highest BCUT2D eigenvalue weighted by Crippen LogP contribution is 2.49. The lowest BCUT2D eigenvalue weighted by atomic mass is 9.86. The minimum Gasteiger partial charge on any atom is -0.396 e. The van der Waals surface area contributed by atoms with Crippen LogP contribution < -0.4 is 5.56 Å². The van der Waals surface area contributed by atoms with Crippen molar-refractivity contribution in [1.29, 1.82) is 0 Å². The van der Waals surface area contributed by atoms with E-state index in [9.17, 15) is 19.5 Å². The van der Waals surface area contributed by atoms with Crippen molar-refractivity contribution in [3.63, 3.8) is 0 Å². The fourth-order valence-corrected chi connectivity index (χ4v) is 5.99. The fourth-order valence-electron chi connectivity index (χ4n) is 5.99. The van der Waals surface area contributed by atoms with Crippen molar-refractivity contribution in [3.05, 3.63) is 58.5 Å². The smallest absolute Gasteiger partial charge is 0.258 e. The molecule has 2 bridgehead atoms. The largest absolute Gasteiger partial charge is 0.396 e. The summed E-state index contributed by atoms with van der Waals surface area (Å²) in [6.45, 7) is 4.75. The second-order valence-corrected chi connectivity index (χ2v) is 9.62. The lowest BCUT2D eigenvalue weighted by Crippen LogP contribution is -2.51. The number of benzene rings is 1. The standard InChI is InChI=1S/C26H32N4O4/c1-3-22(32)30-21-15-29-20(10-9-18(25(29)33)17-7-5-4-6-8-17)24(30)23(19(21)16-31)26(34)28-13-11-27(2)12-14-28/h4-10,19,21,23-24,31H,3,11-16H2,1-2H3/t19-,21-,23+,24+/m0/s1. The van der Waals surface area contributed by atoms with Gasteiger partial charge in [-0.1, -0.05) is 37.3 Å². The summed E-state index contributed by atoms with van der Waals surface area (Å²) in [6, 6.07) is 12.3. The summed E-state index contributed by atoms with van der Waals surface area (Å²) in [5.41, 5.74) is 2.00. The number of fused-ring (bicyclic) bond motifs is 4. The van der Waals surface area contributed by atoms with Crippen molar-refractivity contribution in [2.45, 2.75) is 32.0 Å². The lowest BCUT2D eigenvalue weighted by molar-refractivity contribution is -0.141. The molecule has 4 atom stereocenters. The van der Waals surface area contributed by atoms with E-state index in [0.717, 1.165) is 18.7 Å². The molecule has 0 unspecified atom stereocenters. The Hall–Kier alpha value is -2.97. The minimum atomic E-state index is -0.565. The molecule has 1 aromatic carbocycles. The molecule has 8 nitrogen and oxygen atoms in total. The second-order valence-electron chi connectivity index (χ2n) is 9.62. The fraction of sp³-hybridized carbons (Fsp3) is 0.500. The maximum absolute atomic E-state index is 13.8. The number of hydrogen-bond donors (Lipinski definition) is 1. The number of nitrogens with zero attached hydrogens (tertiary/aromatic N) is 4. The first-order valence-corrected chi connectivity index (χ1v) is 12.1. The summed E-state index contributed by atoms with van der Waals surface area (Å²) >= 11 is 0. The molecule has 5 rings (SSSR count). The highest BCUT2D eigenvalue weighted by atomic mass is 16.3. The average molecular weight is 465 g/mol. The summed E-state index contributed by atoms with van der Waals surface area (Å²) in [7, 11) is 2.04. The van der Waals surface area contributed by atoms with Gasteiger partial charge in [0.15, 0.2) is 0 Å². The van der Waals surface area contributed by atoms with Crippen LogP contribution >= 0.6 is 0 Å². The number of piperazine rings is 1. The van der Waals surface area contributed by atoms with E-state index in [4.69, 9.17) is 0 Å². The molecule has 2 fully saturated rings. The SMILES string of the molecule is CCC(=O)N1[C@@H]2c3ccc(-c4ccccc4)c(=O)n3C[C@H]1[C@H](CO)[C@H]2C(=O)N1CCN(C)CC1. The van der Waals surface area contributed by atoms with Gasteiger partial charge in [-0.2, -0.15) is 0 Å². The first-order chi connectivity index (χ1) is 16.5. The van der Waals surface area contributed by atoms with Gasteiger partial charge in [0.25, 0.3) is 5.56 Å². The van der Waals surface area contributed by atoms with E-state index in [0.29, 0.717) is 30.8 Å². The van der Waals surface area contributed by atoms with Gasteiger partial charge in [0.1, 0.15) is 0 Å². The molecule has 8 heteroatoms. The van der Waals surface area contributed by atoms with Crippen LogP contribution in [0.25, 0.3) is 11.1 Å². The van der Waals surface area contributed by atoms with Crippen LogP contribution in [0, 0.1) is 11.8 Å². The third-order valence-corrected chi connectivity index (χ3v) is 7.82. The van der Waals surface area contributed by atoms with E-state index in [1.165, 1.54) is 0 Å². The van der Waals surface area contributed by atoms with Gasteiger partial charge in [0.2, 0.25) is 11.8 Å². The van der Waals surface area contributed by atoms with E-state index in [1.54, 1.807) is 9.47 Å². The topological polar surface area (TPSA) is 86.1 Å². The van der Waals surface area contributed by atoms with Crippen molar-refractivity contribution in [2.24, 2.45) is 11.8 Å². The number of amides is 2. The third-order valence-electron chi connectivity index (χ3n) is 7.82. The number of aromatic nitrogens is 1. The molecule has 0 spiro atoms. The molecule has 3 aliphatic rings. The zero-order valence-electron chi connectivity index (χ0n) is 19.8. The van der Waals surface area contributed by atoms with Crippen LogP contribution in [-0.2, 0) is 16.1 Å². The molecule has 0 saturated carbocycles. The first-order valence-electron chi connectivity index (χ1n) is 12.1. The molecule has 2 aromatic rings. The Balaban J connectivity index is 1.60. The Morgan fingerprint density at radius 2 is 1.74 bits per heavy atom. The number of hydrogen-bond acceptors (Lipinski definition) is 5. The molecule has 0 aliphatic carbocycles. The molecule has 2 saturated heterocycles. The number of aliphatic hydroxyl groups is 1. The van der Waals surface area contributed by atoms with Crippen molar-refractivity contribution in [3.8, 4) is 11.1 Å². The molecule has 180 valence electrons. The molecule has 1 aromatic heterocycles. The lowest BCUT2D eigenvalue weighted by Gasteiger charge is -2.39. The molecule has 0 radical (unpaired) electrons. The van der Waals surface area contributed by atoms with Crippen molar-refractivity contribution in [2.75, 3.05) is 39.8 Å². The van der Waals surface area contributed by atoms with Crippen molar-refractivity contribution >= 4 is 11.8 Å². The number of aliphatic hydroxyl groups excluding tert-OH is 1. The zero-order valence-corrected chi connectivity index (χ0v) is 19.8. The van der Waals surface area contributed by atoms with E-state index in [1.807, 2.05) is 61.3 Å². The van der Waals surface area contributed by atoms with Crippen molar-refractivity contribution < 1.29 is 14.7 Å². The van der Waals surface area contributed by atoms with Crippen LogP contribution in [0.5, 0.6) is 0 Å². The summed E-state index contributed by atoms with van der Waals surface area (Å²) in [4.78, 5) is 46.3. The number of likely N-dealkylation sites (N-methyl/N-ethyl adjacent to an activating group) is 1. The summed E-state index contributed by atoms with van der Waals surface area (Å²) in [6.07, 6.45) is 0.312. The quantitative estimate of drug-likeness (QED) is 0.735. The summed E-state index contributed by atoms with van der Waals surface area (Å²) in [5, 5.41) is 10.4. The van der Waals surface area contributed by atoms with Crippen LogP contribution in [0.2, 0.25) is 0 Å². The molecular formula is C26H32N4O4. The Labute approximate surface area is 199 Å². The Kier molecular flexibility index (Phi) is 6.04. The highest BCUT2D eigenvalue weighted by Gasteiger charge is 2.57. The van der Waals surface area contributed by atoms with Gasteiger partial charge in [0.05, 0.1) is 18.0 Å². The van der Waals surface area contributed by atoms with Gasteiger partial charge in [-0.3, -0.25) is 14.4 Å². The molecular weight excluding hydrogens is 432 g/mol. The second kappa shape index (κ2) is 9.00. The monoisotopic (exact) mass is 464 g/mol. The Bertz CT molecular complexity index is 1140. The Morgan fingerprint density at radius 1 is 1.03 bits per heavy atom. The van der Waals surface area contributed by atoms with Crippen LogP contribution in [0.15, 0.2) is 47.3 Å². The predicted octanol–water partition coefficient (Wildman–Crippen LogP) is 1.19. The van der Waals surface area contributed by atoms with Gasteiger partial charge in [-0.25, -0.2) is 0 Å². The number of rotatable bonds is 4. The maximum atomic E-state index is 13.8. The van der Waals surface area contributed by atoms with Gasteiger partial charge in [-0.15, -0.1) is 0 Å². The Morgan fingerprint density at radius 3 is 2.38 bits per heavy atom. The molecule has 2 amide bonds. The summed E-state index contributed by atoms with van der Waals surface area (Å²) < 4.78 is 1.73. The maximum Gasteiger partial charge on any atom is 0.258 e. The molecule has 4 heterocycles. The molecule has 3 aliphatic heterocycles. The van der Waals surface area contributed by atoms with Gasteiger partial charge in [-0.05, 0) is 24.7 Å². The van der Waals surface area contributed by atoms with E-state index < -0.39 is 17.9 Å². The van der Waals surface area contributed by atoms with Crippen LogP contribution in [0.1, 0.15) is 25.1 Å². The van der Waals surface area contributed by atoms with E-state index >= 15 is 0 Å². The zero-order chi connectivity index (χ0) is 24.0. The number of pyridine rings is 1. The highest BCUT2D eigenvalue weighted by molar-refractivity contribution is 5.84.